The van der Waals surface area contributed by atoms with Crippen LogP contribution in [0.25, 0.3) is 5.57 Å². The quantitative estimate of drug-likeness (QED) is 0.679. The highest BCUT2D eigenvalue weighted by Crippen LogP contribution is 2.33. The second kappa shape index (κ2) is 5.74. The predicted octanol–water partition coefficient (Wildman–Crippen LogP) is 4.38. The largest absolute Gasteiger partial charge is 0.496 e. The Labute approximate surface area is 99.1 Å². The number of methoxy groups -OCH3 is 1. The van der Waals surface area contributed by atoms with Crippen LogP contribution in [0, 0.1) is 6.92 Å². The van der Waals surface area contributed by atoms with Gasteiger partial charge in [-0.15, -0.1) is 0 Å². The molecule has 1 nitrogen and oxygen atoms in total. The van der Waals surface area contributed by atoms with E-state index in [0.29, 0.717) is 0 Å². The van der Waals surface area contributed by atoms with Crippen molar-refractivity contribution in [3.8, 4) is 5.75 Å². The maximum Gasteiger partial charge on any atom is 0.122 e. The predicted molar refractivity (Wildman–Crippen MR) is 71.1 cm³/mol. The van der Waals surface area contributed by atoms with Gasteiger partial charge in [-0.3, -0.25) is 0 Å². The summed E-state index contributed by atoms with van der Waals surface area (Å²) in [6, 6.07) is 4.37. The van der Waals surface area contributed by atoms with Gasteiger partial charge in [-0.25, -0.2) is 0 Å². The van der Waals surface area contributed by atoms with E-state index < -0.39 is 0 Å². The molecule has 0 N–H and O–H groups in total. The maximum atomic E-state index is 5.32. The second-order valence-electron chi connectivity index (χ2n) is 3.94. The van der Waals surface area contributed by atoms with Gasteiger partial charge in [0.25, 0.3) is 0 Å². The monoisotopic (exact) mass is 218 g/mol. The summed E-state index contributed by atoms with van der Waals surface area (Å²) in [6.45, 7) is 10.2. The van der Waals surface area contributed by atoms with Crippen LogP contribution in [-0.4, -0.2) is 7.11 Å². The standard InChI is InChI=1S/C13H16O.C2H6/c1-9-5-4-6-11-8-13(14-3)10(2)7-12(9)11;1-2/h7-8H,1,4-6H2,2-3H3;1-2H3. The van der Waals surface area contributed by atoms with Gasteiger partial charge in [0.2, 0.25) is 0 Å². The van der Waals surface area contributed by atoms with Crippen molar-refractivity contribution in [2.24, 2.45) is 0 Å². The van der Waals surface area contributed by atoms with E-state index in [-0.39, 0.29) is 0 Å². The zero-order valence-corrected chi connectivity index (χ0v) is 10.9. The van der Waals surface area contributed by atoms with Crippen LogP contribution >= 0.6 is 0 Å². The van der Waals surface area contributed by atoms with Gasteiger partial charge in [-0.1, -0.05) is 20.4 Å². The van der Waals surface area contributed by atoms with Crippen molar-refractivity contribution < 1.29 is 4.74 Å². The zero-order chi connectivity index (χ0) is 12.1. The first-order chi connectivity index (χ1) is 7.72. The minimum absolute atomic E-state index is 0.999. The molecule has 1 aliphatic rings. The molecule has 0 saturated heterocycles. The van der Waals surface area contributed by atoms with Crippen molar-refractivity contribution in [3.05, 3.63) is 35.4 Å². The smallest absolute Gasteiger partial charge is 0.122 e. The summed E-state index contributed by atoms with van der Waals surface area (Å²) >= 11 is 0. The lowest BCUT2D eigenvalue weighted by Crippen LogP contribution is -2.02. The van der Waals surface area contributed by atoms with Crippen molar-refractivity contribution in [3.63, 3.8) is 0 Å². The number of benzene rings is 1. The Hall–Kier alpha value is -1.24. The van der Waals surface area contributed by atoms with Crippen molar-refractivity contribution >= 4 is 5.57 Å². The molecule has 1 heteroatoms. The molecule has 0 radical (unpaired) electrons. The highest BCUT2D eigenvalue weighted by molar-refractivity contribution is 5.69. The third-order valence-corrected chi connectivity index (χ3v) is 2.93. The molecule has 0 aromatic heterocycles. The molecule has 0 fully saturated rings. The highest BCUT2D eigenvalue weighted by Gasteiger charge is 2.14. The SMILES string of the molecule is C=C1CCCc2cc(OC)c(C)cc21.CC. The molecule has 1 aromatic rings. The lowest BCUT2D eigenvalue weighted by atomic mass is 9.87. The minimum atomic E-state index is 0.999. The highest BCUT2D eigenvalue weighted by atomic mass is 16.5. The van der Waals surface area contributed by atoms with Crippen molar-refractivity contribution in [1.82, 2.24) is 0 Å². The fourth-order valence-corrected chi connectivity index (χ4v) is 2.11. The van der Waals surface area contributed by atoms with E-state index in [1.807, 2.05) is 13.8 Å². The molecule has 88 valence electrons. The number of aryl methyl sites for hydroxylation is 2. The maximum absolute atomic E-state index is 5.32. The van der Waals surface area contributed by atoms with Gasteiger partial charge in [0.15, 0.2) is 0 Å². The fraction of sp³-hybridized carbons (Fsp3) is 0.467. The number of hydrogen-bond acceptors (Lipinski definition) is 1. The van der Waals surface area contributed by atoms with Crippen molar-refractivity contribution in [1.29, 1.82) is 0 Å². The second-order valence-corrected chi connectivity index (χ2v) is 3.94. The third-order valence-electron chi connectivity index (χ3n) is 2.93. The van der Waals surface area contributed by atoms with Crippen LogP contribution in [0.2, 0.25) is 0 Å². The Morgan fingerprint density at radius 3 is 2.50 bits per heavy atom. The third kappa shape index (κ3) is 2.46. The average molecular weight is 218 g/mol. The van der Waals surface area contributed by atoms with Crippen LogP contribution in [-0.2, 0) is 6.42 Å². The molecule has 1 aliphatic carbocycles. The van der Waals surface area contributed by atoms with E-state index in [0.717, 1.165) is 18.6 Å². The Morgan fingerprint density at radius 2 is 1.88 bits per heavy atom. The first kappa shape index (κ1) is 12.8. The van der Waals surface area contributed by atoms with Crippen LogP contribution < -0.4 is 4.74 Å². The molecule has 0 amide bonds. The number of allylic oxidation sites excluding steroid dienone is 1. The Morgan fingerprint density at radius 1 is 1.19 bits per heavy atom. The minimum Gasteiger partial charge on any atom is -0.496 e. The Bertz CT molecular complexity index is 377. The van der Waals surface area contributed by atoms with Gasteiger partial charge in [0, 0.05) is 0 Å². The van der Waals surface area contributed by atoms with E-state index in [2.05, 4.69) is 25.6 Å². The lowest BCUT2D eigenvalue weighted by molar-refractivity contribution is 0.411. The van der Waals surface area contributed by atoms with E-state index in [1.165, 1.54) is 28.7 Å². The Kier molecular flexibility index (Phi) is 4.60. The van der Waals surface area contributed by atoms with Gasteiger partial charge in [0.05, 0.1) is 7.11 Å². The molecular weight excluding hydrogens is 196 g/mol. The lowest BCUT2D eigenvalue weighted by Gasteiger charge is -2.20. The number of hydrogen-bond donors (Lipinski definition) is 0. The molecule has 16 heavy (non-hydrogen) atoms. The summed E-state index contributed by atoms with van der Waals surface area (Å²) in [4.78, 5) is 0. The first-order valence-electron chi connectivity index (χ1n) is 6.08. The summed E-state index contributed by atoms with van der Waals surface area (Å²) in [5, 5.41) is 0. The molecule has 0 saturated carbocycles. The molecule has 2 rings (SSSR count). The van der Waals surface area contributed by atoms with E-state index >= 15 is 0 Å². The molecule has 0 heterocycles. The van der Waals surface area contributed by atoms with Crippen molar-refractivity contribution in [2.75, 3.05) is 7.11 Å². The summed E-state index contributed by atoms with van der Waals surface area (Å²) in [6.07, 6.45) is 3.52. The van der Waals surface area contributed by atoms with Gasteiger partial charge < -0.3 is 4.74 Å². The molecule has 0 atom stereocenters. The van der Waals surface area contributed by atoms with Crippen LogP contribution in [0.15, 0.2) is 18.7 Å². The Balaban J connectivity index is 0.000000606. The first-order valence-corrected chi connectivity index (χ1v) is 6.08. The summed E-state index contributed by atoms with van der Waals surface area (Å²) in [5.74, 6) is 0.999. The fourth-order valence-electron chi connectivity index (χ4n) is 2.11. The van der Waals surface area contributed by atoms with Gasteiger partial charge in [-0.2, -0.15) is 0 Å². The summed E-state index contributed by atoms with van der Waals surface area (Å²) < 4.78 is 5.32. The van der Waals surface area contributed by atoms with E-state index in [4.69, 9.17) is 4.74 Å². The van der Waals surface area contributed by atoms with Crippen LogP contribution in [0.5, 0.6) is 5.75 Å². The van der Waals surface area contributed by atoms with Gasteiger partial charge in [-0.05, 0) is 60.6 Å². The van der Waals surface area contributed by atoms with Crippen LogP contribution in [0.1, 0.15) is 43.4 Å². The number of fused-ring (bicyclic) bond motifs is 1. The zero-order valence-electron chi connectivity index (χ0n) is 10.9. The van der Waals surface area contributed by atoms with Gasteiger partial charge >= 0.3 is 0 Å². The molecule has 0 spiro atoms. The summed E-state index contributed by atoms with van der Waals surface area (Å²) in [5.41, 5.74) is 5.21. The van der Waals surface area contributed by atoms with E-state index in [1.54, 1.807) is 7.11 Å². The van der Waals surface area contributed by atoms with Crippen LogP contribution in [0.4, 0.5) is 0 Å². The molecule has 0 bridgehead atoms. The van der Waals surface area contributed by atoms with Crippen molar-refractivity contribution in [2.45, 2.75) is 40.0 Å². The topological polar surface area (TPSA) is 9.23 Å². The number of rotatable bonds is 1. The molecule has 1 aromatic carbocycles. The average Bonchev–Trinajstić information content (AvgIpc) is 2.32. The summed E-state index contributed by atoms with van der Waals surface area (Å²) in [7, 11) is 1.73. The van der Waals surface area contributed by atoms with E-state index in [9.17, 15) is 0 Å². The van der Waals surface area contributed by atoms with Crippen LogP contribution in [0.3, 0.4) is 0 Å². The normalized spacial score (nSPS) is 13.6. The molecular formula is C15H22O. The number of ether oxygens (including phenoxy) is 1. The molecule has 0 unspecified atom stereocenters. The van der Waals surface area contributed by atoms with Gasteiger partial charge in [0.1, 0.15) is 5.75 Å². The molecule has 0 aliphatic heterocycles.